The fourth-order valence-corrected chi connectivity index (χ4v) is 2.49. The Morgan fingerprint density at radius 1 is 1.44 bits per heavy atom. The van der Waals surface area contributed by atoms with Gasteiger partial charge in [0.15, 0.2) is 0 Å². The zero-order valence-corrected chi connectivity index (χ0v) is 10.5. The molecule has 0 spiro atoms. The van der Waals surface area contributed by atoms with Gasteiger partial charge in [0, 0.05) is 17.7 Å². The maximum Gasteiger partial charge on any atom is 0.144 e. The summed E-state index contributed by atoms with van der Waals surface area (Å²) in [5.41, 5.74) is 0.511. The number of nitrogens with zero attached hydrogens (tertiary/aromatic N) is 2. The van der Waals surface area contributed by atoms with Gasteiger partial charge in [-0.3, -0.25) is 0 Å². The van der Waals surface area contributed by atoms with Crippen molar-refractivity contribution >= 4 is 17.2 Å². The van der Waals surface area contributed by atoms with Crippen molar-refractivity contribution in [2.45, 2.75) is 12.5 Å². The number of aliphatic hydroxyl groups excluding tert-OH is 1. The van der Waals surface area contributed by atoms with Gasteiger partial charge in [0.25, 0.3) is 0 Å². The molecule has 2 N–H and O–H groups in total. The Hall–Kier alpha value is -1.90. The van der Waals surface area contributed by atoms with E-state index in [0.29, 0.717) is 17.8 Å². The second-order valence-electron chi connectivity index (χ2n) is 3.74. The van der Waals surface area contributed by atoms with Crippen LogP contribution >= 0.6 is 11.3 Å². The summed E-state index contributed by atoms with van der Waals surface area (Å²) >= 11 is 1.62. The molecule has 0 aliphatic heterocycles. The zero-order valence-electron chi connectivity index (χ0n) is 9.71. The lowest BCUT2D eigenvalue weighted by Gasteiger charge is -2.17. The summed E-state index contributed by atoms with van der Waals surface area (Å²) in [4.78, 5) is 5.29. The van der Waals surface area contributed by atoms with Crippen LogP contribution in [-0.2, 0) is 0 Å². The molecule has 92 valence electrons. The summed E-state index contributed by atoms with van der Waals surface area (Å²) < 4.78 is 0. The van der Waals surface area contributed by atoms with Crippen molar-refractivity contribution in [2.24, 2.45) is 0 Å². The number of thiophene rings is 1. The van der Waals surface area contributed by atoms with Gasteiger partial charge < -0.3 is 10.4 Å². The monoisotopic (exact) mass is 259 g/mol. The first-order valence-corrected chi connectivity index (χ1v) is 6.49. The molecule has 0 aliphatic carbocycles. The normalized spacial score (nSPS) is 11.8. The Bertz CT molecular complexity index is 533. The molecule has 0 radical (unpaired) electrons. The number of aromatic nitrogens is 1. The van der Waals surface area contributed by atoms with Gasteiger partial charge in [-0.05, 0) is 30.0 Å². The van der Waals surface area contributed by atoms with Crippen LogP contribution in [0.3, 0.4) is 0 Å². The van der Waals surface area contributed by atoms with Gasteiger partial charge in [0.2, 0.25) is 0 Å². The highest BCUT2D eigenvalue weighted by atomic mass is 32.1. The Balaban J connectivity index is 2.22. The molecule has 4 nitrogen and oxygen atoms in total. The van der Waals surface area contributed by atoms with E-state index >= 15 is 0 Å². The van der Waals surface area contributed by atoms with Gasteiger partial charge in [-0.1, -0.05) is 6.07 Å². The summed E-state index contributed by atoms with van der Waals surface area (Å²) in [6.45, 7) is 0.0876. The molecular formula is C13H13N3OS. The van der Waals surface area contributed by atoms with Crippen molar-refractivity contribution in [3.05, 3.63) is 46.3 Å². The fourth-order valence-electron chi connectivity index (χ4n) is 1.68. The molecule has 0 bridgehead atoms. The van der Waals surface area contributed by atoms with Gasteiger partial charge in [0.1, 0.15) is 11.9 Å². The average Bonchev–Trinajstić information content (AvgIpc) is 2.92. The van der Waals surface area contributed by atoms with Crippen molar-refractivity contribution in [3.63, 3.8) is 0 Å². The first kappa shape index (κ1) is 12.6. The molecule has 2 rings (SSSR count). The summed E-state index contributed by atoms with van der Waals surface area (Å²) in [6, 6.07) is 9.52. The number of hydrogen-bond acceptors (Lipinski definition) is 5. The predicted molar refractivity (Wildman–Crippen MR) is 71.3 cm³/mol. The van der Waals surface area contributed by atoms with E-state index < -0.39 is 0 Å². The molecule has 2 heterocycles. The molecule has 0 amide bonds. The molecule has 0 saturated heterocycles. The van der Waals surface area contributed by atoms with Crippen LogP contribution in [0.15, 0.2) is 35.8 Å². The van der Waals surface area contributed by atoms with Crippen LogP contribution in [0, 0.1) is 11.3 Å². The lowest BCUT2D eigenvalue weighted by molar-refractivity contribution is 0.280. The number of rotatable bonds is 5. The van der Waals surface area contributed by atoms with Crippen LogP contribution in [0.25, 0.3) is 0 Å². The largest absolute Gasteiger partial charge is 0.396 e. The number of nitrogens with one attached hydrogen (secondary N) is 1. The van der Waals surface area contributed by atoms with Crippen LogP contribution in [0.4, 0.5) is 5.82 Å². The molecule has 1 atom stereocenters. The highest BCUT2D eigenvalue weighted by Crippen LogP contribution is 2.26. The average molecular weight is 259 g/mol. The number of anilines is 1. The van der Waals surface area contributed by atoms with Crippen molar-refractivity contribution < 1.29 is 5.11 Å². The summed E-state index contributed by atoms with van der Waals surface area (Å²) in [6.07, 6.45) is 2.23. The molecule has 18 heavy (non-hydrogen) atoms. The highest BCUT2D eigenvalue weighted by Gasteiger charge is 2.14. The summed E-state index contributed by atoms with van der Waals surface area (Å²) in [5.74, 6) is 0.562. The molecular weight excluding hydrogens is 246 g/mol. The Morgan fingerprint density at radius 2 is 2.33 bits per heavy atom. The standard InChI is InChI=1S/C13H13N3OS/c14-9-10-3-1-6-15-13(10)16-11(5-7-17)12-4-2-8-18-12/h1-4,6,8,11,17H,5,7H2,(H,15,16)/t11-/m0/s1. The maximum absolute atomic E-state index is 9.12. The number of pyridine rings is 1. The van der Waals surface area contributed by atoms with Gasteiger partial charge in [-0.2, -0.15) is 5.26 Å². The third kappa shape index (κ3) is 2.86. The van der Waals surface area contributed by atoms with Crippen molar-refractivity contribution in [1.82, 2.24) is 4.98 Å². The Kier molecular flexibility index (Phi) is 4.29. The van der Waals surface area contributed by atoms with Gasteiger partial charge in [-0.15, -0.1) is 11.3 Å². The number of hydrogen-bond donors (Lipinski definition) is 2. The minimum absolute atomic E-state index is 0.0167. The number of aliphatic hydroxyl groups is 1. The SMILES string of the molecule is N#Cc1cccnc1N[C@@H](CCO)c1cccs1. The molecule has 0 fully saturated rings. The van der Waals surface area contributed by atoms with Crippen molar-refractivity contribution in [3.8, 4) is 6.07 Å². The zero-order chi connectivity index (χ0) is 12.8. The van der Waals surface area contributed by atoms with Crippen LogP contribution in [0.1, 0.15) is 22.9 Å². The van der Waals surface area contributed by atoms with E-state index in [9.17, 15) is 0 Å². The van der Waals surface area contributed by atoms with Gasteiger partial charge in [0.05, 0.1) is 11.6 Å². The molecule has 0 aromatic carbocycles. The molecule has 5 heteroatoms. The van der Waals surface area contributed by atoms with Gasteiger partial charge >= 0.3 is 0 Å². The highest BCUT2D eigenvalue weighted by molar-refractivity contribution is 7.10. The van der Waals surface area contributed by atoms with Crippen molar-refractivity contribution in [1.29, 1.82) is 5.26 Å². The predicted octanol–water partition coefficient (Wildman–Crippen LogP) is 2.55. The second-order valence-corrected chi connectivity index (χ2v) is 4.72. The Morgan fingerprint density at radius 3 is 3.00 bits per heavy atom. The second kappa shape index (κ2) is 6.15. The summed E-state index contributed by atoms with van der Waals surface area (Å²) in [5, 5.41) is 23.3. The minimum Gasteiger partial charge on any atom is -0.396 e. The molecule has 2 aromatic rings. The molecule has 0 unspecified atom stereocenters. The summed E-state index contributed by atoms with van der Waals surface area (Å²) in [7, 11) is 0. The van der Waals surface area contributed by atoms with Crippen LogP contribution in [-0.4, -0.2) is 16.7 Å². The topological polar surface area (TPSA) is 68.9 Å². The number of nitriles is 1. The minimum atomic E-state index is -0.0167. The first-order valence-electron chi connectivity index (χ1n) is 5.61. The van der Waals surface area contributed by atoms with E-state index in [2.05, 4.69) is 16.4 Å². The van der Waals surface area contributed by atoms with Crippen molar-refractivity contribution in [2.75, 3.05) is 11.9 Å². The van der Waals surface area contributed by atoms with Crippen LogP contribution < -0.4 is 5.32 Å². The quantitative estimate of drug-likeness (QED) is 0.865. The van der Waals surface area contributed by atoms with Gasteiger partial charge in [-0.25, -0.2) is 4.98 Å². The molecule has 0 saturated carbocycles. The van der Waals surface area contributed by atoms with E-state index in [4.69, 9.17) is 10.4 Å². The van der Waals surface area contributed by atoms with E-state index in [1.54, 1.807) is 29.7 Å². The fraction of sp³-hybridized carbons (Fsp3) is 0.231. The Labute approximate surface area is 110 Å². The molecule has 0 aliphatic rings. The third-order valence-corrected chi connectivity index (χ3v) is 3.53. The van der Waals surface area contributed by atoms with Crippen LogP contribution in [0.5, 0.6) is 0 Å². The van der Waals surface area contributed by atoms with E-state index in [1.165, 1.54) is 0 Å². The maximum atomic E-state index is 9.12. The lowest BCUT2D eigenvalue weighted by Crippen LogP contribution is -2.13. The first-order chi connectivity index (χ1) is 8.85. The van der Waals surface area contributed by atoms with E-state index in [1.807, 2.05) is 17.5 Å². The lowest BCUT2D eigenvalue weighted by atomic mass is 10.1. The van der Waals surface area contributed by atoms with Crippen LogP contribution in [0.2, 0.25) is 0 Å². The van der Waals surface area contributed by atoms with E-state index in [-0.39, 0.29) is 12.6 Å². The smallest absolute Gasteiger partial charge is 0.144 e. The molecule has 2 aromatic heterocycles. The van der Waals surface area contributed by atoms with E-state index in [0.717, 1.165) is 4.88 Å². The third-order valence-electron chi connectivity index (χ3n) is 2.54.